The zero-order chi connectivity index (χ0) is 64.5. The Morgan fingerprint density at radius 2 is 0.773 bits per heavy atom. The molecule has 11 heterocycles. The van der Waals surface area contributed by atoms with Crippen molar-refractivity contribution in [3.8, 4) is 0 Å². The number of carbonyl (C=O) groups excluding carboxylic acids is 1. The molecule has 2 aliphatic carbocycles. The van der Waals surface area contributed by atoms with Crippen LogP contribution in [0.25, 0.3) is 0 Å². The molecule has 0 aromatic carbocycles. The topological polar surface area (TPSA) is 106 Å². The van der Waals surface area contributed by atoms with Gasteiger partial charge in [-0.15, -0.1) is 0 Å². The van der Waals surface area contributed by atoms with Crippen molar-refractivity contribution >= 4 is 15.9 Å². The van der Waals surface area contributed by atoms with Gasteiger partial charge in [0, 0.05) is 149 Å². The Labute approximate surface area is 543 Å². The monoisotopic (exact) mass is 1260 g/mol. The summed E-state index contributed by atoms with van der Waals surface area (Å²) in [6, 6.07) is 2.62. The third-order valence-electron chi connectivity index (χ3n) is 21.2. The van der Waals surface area contributed by atoms with Crippen LogP contribution in [0.15, 0.2) is 0 Å². The summed E-state index contributed by atoms with van der Waals surface area (Å²) in [5.41, 5.74) is 0.454. The van der Waals surface area contributed by atoms with Crippen molar-refractivity contribution in [3.63, 3.8) is 0 Å². The van der Waals surface area contributed by atoms with Gasteiger partial charge in [-0.05, 0) is 252 Å². The number of hydrogen-bond donors (Lipinski definition) is 0. The van der Waals surface area contributed by atoms with E-state index in [0.717, 1.165) is 75.1 Å². The fourth-order valence-electron chi connectivity index (χ4n) is 14.0. The number of piperazine rings is 4. The Morgan fingerprint density at radius 1 is 0.409 bits per heavy atom. The van der Waals surface area contributed by atoms with Crippen molar-refractivity contribution in [2.24, 2.45) is 11.3 Å². The third-order valence-corrected chi connectivity index (χ3v) is 23.7. The molecule has 0 N–H and O–H groups in total. The molecule has 18 nitrogen and oxygen atoms in total. The molecule has 2 saturated carbocycles. The number of carbonyl (C=O) groups is 1. The molecular formula is C69H142N14O4S. The van der Waals surface area contributed by atoms with E-state index in [-0.39, 0.29) is 16.4 Å². The van der Waals surface area contributed by atoms with Crippen LogP contribution in [0, 0.1) is 11.3 Å². The second-order valence-corrected chi connectivity index (χ2v) is 33.8. The van der Waals surface area contributed by atoms with Crippen LogP contribution in [0.1, 0.15) is 144 Å². The van der Waals surface area contributed by atoms with Gasteiger partial charge < -0.3 is 63.5 Å². The van der Waals surface area contributed by atoms with Gasteiger partial charge >= 0.3 is 6.09 Å². The van der Waals surface area contributed by atoms with Gasteiger partial charge in [-0.25, -0.2) is 13.2 Å². The van der Waals surface area contributed by atoms with Crippen LogP contribution in [0.2, 0.25) is 0 Å². The first-order valence-corrected chi connectivity index (χ1v) is 37.6. The van der Waals surface area contributed by atoms with Crippen molar-refractivity contribution in [2.45, 2.75) is 173 Å². The fraction of sp³-hybridized carbons (Fsp3) is 0.986. The van der Waals surface area contributed by atoms with Crippen molar-refractivity contribution in [2.75, 3.05) is 259 Å². The van der Waals surface area contributed by atoms with E-state index in [1.165, 1.54) is 240 Å². The third kappa shape index (κ3) is 29.1. The summed E-state index contributed by atoms with van der Waals surface area (Å²) < 4.78 is 27.3. The number of sulfone groups is 1. The quantitative estimate of drug-likeness (QED) is 0.300. The van der Waals surface area contributed by atoms with Crippen LogP contribution in [-0.2, 0) is 14.6 Å². The van der Waals surface area contributed by atoms with Crippen LogP contribution >= 0.6 is 0 Å². The lowest BCUT2D eigenvalue weighted by Crippen LogP contribution is -2.70. The Bertz CT molecular complexity index is 1880. The fourth-order valence-corrected chi connectivity index (χ4v) is 15.9. The molecule has 2 spiro atoms. The molecule has 88 heavy (non-hydrogen) atoms. The van der Waals surface area contributed by atoms with Crippen molar-refractivity contribution in [3.05, 3.63) is 0 Å². The summed E-state index contributed by atoms with van der Waals surface area (Å²) in [6.07, 6.45) is 22.3. The van der Waals surface area contributed by atoms with Crippen LogP contribution in [0.5, 0.6) is 0 Å². The maximum absolute atomic E-state index is 11.6. The molecule has 0 aromatic heterocycles. The molecule has 1 amide bonds. The lowest BCUT2D eigenvalue weighted by Gasteiger charge is -2.54. The SMILES string of the molecule is CC(C)N1CCN(C)CC1.CC1CCN(C)CC1.CN1CC2(CCC2)C1.CN1CC2(CCS2(=O)=O)C1.CN1CCC(N2CCCCC2)CC1.CN1CCCCC1.CN1CCN(C(=O)OC(C)(C)C)CC1.CN1CCN(C)CC1.CN1CCN(C2CC2)CC1. The normalized spacial score (nSPS) is 27.5. The van der Waals surface area contributed by atoms with Gasteiger partial charge in [-0.1, -0.05) is 26.2 Å². The summed E-state index contributed by atoms with van der Waals surface area (Å²) in [5, 5.41) is 0. The molecule has 19 heteroatoms. The number of nitrogens with zero attached hydrogens (tertiary/aromatic N) is 14. The van der Waals surface area contributed by atoms with E-state index in [9.17, 15) is 13.2 Å². The standard InChI is InChI=1S/C11H22N2.C10H20N2O2.C8H16N2.C8H18N2.C7H13N.C7H15N.C6H14N2.C6H11NO2S.C6H13N/c1-12-9-5-11(6-10-12)13-7-3-2-4-8-13;1-10(2,3)14-9(13)12-7-5-11(4)6-8-12;1-9-4-6-10(7-5-9)8-2-3-8;1-8(2)10-6-4-9(3)5-7-10;1-8-5-7(6-8)3-2-4-7;2*1-7-3-5-8(2)6-4-7;1-7-4-6(5-7)2-3-10(6,8)9;1-7-5-3-2-4-6-7/h11H,2-10H2,1H3;5-8H2,1-4H3;8H,2-7H2,1H3;8H,4-7H2,1-3H3;2-6H2,1H3;7H,3-6H2,1-2H3;3-6H2,1-2H3;2-5H2,1H3;2-6H2,1H3. The smallest absolute Gasteiger partial charge is 0.410 e. The summed E-state index contributed by atoms with van der Waals surface area (Å²) in [7, 11) is 19.0. The molecular weight excluding hydrogens is 1120 g/mol. The first kappa shape index (κ1) is 77.4. The minimum absolute atomic E-state index is 0.189. The Balaban J connectivity index is 0.000000182. The number of piperidine rings is 4. The summed E-state index contributed by atoms with van der Waals surface area (Å²) in [6.45, 7) is 45.9. The van der Waals surface area contributed by atoms with E-state index in [1.54, 1.807) is 4.90 Å². The molecule has 0 aromatic rings. The van der Waals surface area contributed by atoms with Gasteiger partial charge in [0.25, 0.3) is 0 Å². The predicted octanol–water partition coefficient (Wildman–Crippen LogP) is 6.68. The zero-order valence-electron chi connectivity index (χ0n) is 60.4. The van der Waals surface area contributed by atoms with Crippen LogP contribution < -0.4 is 0 Å². The highest BCUT2D eigenvalue weighted by Gasteiger charge is 2.58. The summed E-state index contributed by atoms with van der Waals surface area (Å²) in [5.74, 6) is 1.40. The van der Waals surface area contributed by atoms with E-state index in [2.05, 4.69) is 148 Å². The van der Waals surface area contributed by atoms with Gasteiger partial charge in [0.1, 0.15) is 5.60 Å². The van der Waals surface area contributed by atoms with E-state index in [0.29, 0.717) is 5.75 Å². The first-order valence-electron chi connectivity index (χ1n) is 35.9. The maximum atomic E-state index is 11.6. The van der Waals surface area contributed by atoms with E-state index in [1.807, 2.05) is 27.8 Å². The number of likely N-dealkylation sites (N-methyl/N-ethyl adjacent to an activating group) is 5. The van der Waals surface area contributed by atoms with Crippen molar-refractivity contribution in [1.82, 2.24) is 68.6 Å². The first-order chi connectivity index (χ1) is 41.6. The number of hydrogen-bond acceptors (Lipinski definition) is 17. The highest BCUT2D eigenvalue weighted by atomic mass is 32.2. The molecule has 13 rings (SSSR count). The Kier molecular flexibility index (Phi) is 34.2. The van der Waals surface area contributed by atoms with Gasteiger partial charge in [0.15, 0.2) is 9.84 Å². The van der Waals surface area contributed by atoms with Gasteiger partial charge in [0.2, 0.25) is 0 Å². The summed E-state index contributed by atoms with van der Waals surface area (Å²) >= 11 is 0. The number of likely N-dealkylation sites (tertiary alicyclic amines) is 6. The zero-order valence-corrected chi connectivity index (χ0v) is 61.2. The molecule has 518 valence electrons. The predicted molar refractivity (Wildman–Crippen MR) is 372 cm³/mol. The molecule has 0 atom stereocenters. The van der Waals surface area contributed by atoms with Crippen molar-refractivity contribution in [1.29, 1.82) is 0 Å². The van der Waals surface area contributed by atoms with E-state index < -0.39 is 9.84 Å². The van der Waals surface area contributed by atoms with Gasteiger partial charge in [0.05, 0.1) is 10.5 Å². The van der Waals surface area contributed by atoms with E-state index in [4.69, 9.17) is 4.74 Å². The second kappa shape index (κ2) is 38.9. The van der Waals surface area contributed by atoms with E-state index >= 15 is 0 Å². The largest absolute Gasteiger partial charge is 0.444 e. The average Bonchev–Trinajstić information content (AvgIpc) is 1.87. The highest BCUT2D eigenvalue weighted by molar-refractivity contribution is 7.94. The number of ether oxygens (including phenoxy) is 1. The summed E-state index contributed by atoms with van der Waals surface area (Å²) in [4.78, 5) is 44.7. The van der Waals surface area contributed by atoms with Crippen molar-refractivity contribution < 1.29 is 17.9 Å². The number of rotatable bonds is 3. The van der Waals surface area contributed by atoms with Crippen LogP contribution in [0.4, 0.5) is 4.79 Å². The van der Waals surface area contributed by atoms with Crippen LogP contribution in [-0.4, -0.2) is 371 Å². The molecule has 11 saturated heterocycles. The molecule has 0 bridgehead atoms. The minimum Gasteiger partial charge on any atom is -0.444 e. The molecule has 13 aliphatic rings. The molecule has 0 unspecified atom stereocenters. The molecule has 0 radical (unpaired) electrons. The van der Waals surface area contributed by atoms with Gasteiger partial charge in [-0.2, -0.15) is 0 Å². The van der Waals surface area contributed by atoms with Crippen LogP contribution in [0.3, 0.4) is 0 Å². The number of amides is 1. The van der Waals surface area contributed by atoms with Gasteiger partial charge in [-0.3, -0.25) is 9.80 Å². The lowest BCUT2D eigenvalue weighted by atomic mass is 9.64. The second-order valence-electron chi connectivity index (χ2n) is 31.3. The Morgan fingerprint density at radius 3 is 1.08 bits per heavy atom. The minimum atomic E-state index is -2.66. The lowest BCUT2D eigenvalue weighted by molar-refractivity contribution is -0.0436. The molecule has 11 aliphatic heterocycles. The molecule has 13 fully saturated rings. The highest BCUT2D eigenvalue weighted by Crippen LogP contribution is 2.47. The Hall–Kier alpha value is -1.30. The maximum Gasteiger partial charge on any atom is 0.410 e. The average molecular weight is 1260 g/mol.